The third kappa shape index (κ3) is 7.40. The van der Waals surface area contributed by atoms with Gasteiger partial charge >= 0.3 is 0 Å². The quantitative estimate of drug-likeness (QED) is 0.521. The fraction of sp³-hybridized carbons (Fsp3) is 0.933. The number of carbonyl (C=O) groups excluding carboxylic acids is 1. The number of halogens is 1. The molecule has 0 radical (unpaired) electrons. The molecule has 1 amide bonds. The third-order valence-corrected chi connectivity index (χ3v) is 4.79. The van der Waals surface area contributed by atoms with E-state index in [4.69, 9.17) is 0 Å². The smallest absolute Gasteiger partial charge is 0.220 e. The Hall–Kier alpha value is -0.0500. The maximum atomic E-state index is 11.7. The van der Waals surface area contributed by atoms with Crippen LogP contribution in [-0.2, 0) is 4.79 Å². The summed E-state index contributed by atoms with van der Waals surface area (Å²) in [7, 11) is 0. The van der Waals surface area contributed by atoms with Gasteiger partial charge in [-0.2, -0.15) is 0 Å². The van der Waals surface area contributed by atoms with Gasteiger partial charge in [-0.1, -0.05) is 48.5 Å². The Labute approximate surface area is 120 Å². The molecule has 0 heterocycles. The van der Waals surface area contributed by atoms with Crippen molar-refractivity contribution >= 4 is 21.8 Å². The Kier molecular flexibility index (Phi) is 8.74. The van der Waals surface area contributed by atoms with Gasteiger partial charge in [-0.25, -0.2) is 0 Å². The summed E-state index contributed by atoms with van der Waals surface area (Å²) in [5.41, 5.74) is 0. The fourth-order valence-corrected chi connectivity index (χ4v) is 3.09. The van der Waals surface area contributed by atoms with Gasteiger partial charge in [0.15, 0.2) is 0 Å². The van der Waals surface area contributed by atoms with Gasteiger partial charge in [0.2, 0.25) is 5.91 Å². The van der Waals surface area contributed by atoms with Gasteiger partial charge in [0, 0.05) is 17.8 Å². The minimum absolute atomic E-state index is 0.257. The number of nitrogens with one attached hydrogen (secondary N) is 1. The van der Waals surface area contributed by atoms with Crippen LogP contribution in [0, 0.1) is 5.92 Å². The first kappa shape index (κ1) is 16.0. The Balaban J connectivity index is 1.96. The molecule has 2 nitrogen and oxygen atoms in total. The Morgan fingerprint density at radius 1 is 1.11 bits per heavy atom. The molecule has 0 saturated heterocycles. The predicted octanol–water partition coefficient (Wildman–Crippen LogP) is 4.42. The topological polar surface area (TPSA) is 29.1 Å². The maximum Gasteiger partial charge on any atom is 0.220 e. The number of rotatable bonds is 8. The van der Waals surface area contributed by atoms with Crippen LogP contribution in [-0.4, -0.2) is 17.3 Å². The van der Waals surface area contributed by atoms with Crippen LogP contribution in [0.25, 0.3) is 0 Å². The van der Waals surface area contributed by atoms with Crippen molar-refractivity contribution < 1.29 is 4.79 Å². The van der Waals surface area contributed by atoms with Gasteiger partial charge in [-0.05, 0) is 38.0 Å². The number of alkyl halides is 1. The lowest BCUT2D eigenvalue weighted by atomic mass is 9.89. The van der Waals surface area contributed by atoms with Crippen molar-refractivity contribution in [2.24, 2.45) is 5.92 Å². The molecule has 0 atom stereocenters. The molecule has 1 aliphatic carbocycles. The van der Waals surface area contributed by atoms with E-state index in [0.717, 1.165) is 19.4 Å². The molecule has 0 aromatic carbocycles. The maximum absolute atomic E-state index is 11.7. The average Bonchev–Trinajstić information content (AvgIpc) is 2.38. The highest BCUT2D eigenvalue weighted by Gasteiger charge is 2.19. The summed E-state index contributed by atoms with van der Waals surface area (Å²) in [6.07, 6.45) is 11.9. The van der Waals surface area contributed by atoms with Crippen LogP contribution < -0.4 is 5.32 Å². The highest BCUT2D eigenvalue weighted by atomic mass is 79.9. The monoisotopic (exact) mass is 317 g/mol. The van der Waals surface area contributed by atoms with Crippen molar-refractivity contribution in [3.63, 3.8) is 0 Å². The zero-order valence-corrected chi connectivity index (χ0v) is 13.3. The zero-order chi connectivity index (χ0) is 13.2. The second kappa shape index (κ2) is 9.82. The number of amides is 1. The molecule has 0 aromatic rings. The fourth-order valence-electron chi connectivity index (χ4n) is 2.56. The van der Waals surface area contributed by atoms with E-state index in [1.807, 2.05) is 0 Å². The van der Waals surface area contributed by atoms with Crippen LogP contribution in [0.3, 0.4) is 0 Å². The molecule has 1 N–H and O–H groups in total. The molecule has 1 fully saturated rings. The summed E-state index contributed by atoms with van der Waals surface area (Å²) in [5, 5.41) is 3.10. The number of hydrogen-bond donors (Lipinski definition) is 1. The van der Waals surface area contributed by atoms with Crippen molar-refractivity contribution in [2.45, 2.75) is 76.0 Å². The normalized spacial score (nSPS) is 23.9. The molecule has 0 aliphatic heterocycles. The molecule has 0 unspecified atom stereocenters. The van der Waals surface area contributed by atoms with Crippen molar-refractivity contribution in [2.75, 3.05) is 6.54 Å². The van der Waals surface area contributed by atoms with Crippen LogP contribution in [0.15, 0.2) is 0 Å². The molecule has 1 rings (SSSR count). The molecule has 106 valence electrons. The van der Waals surface area contributed by atoms with E-state index in [9.17, 15) is 4.79 Å². The first-order chi connectivity index (χ1) is 8.72. The first-order valence-electron chi connectivity index (χ1n) is 7.63. The van der Waals surface area contributed by atoms with Crippen LogP contribution in [0.2, 0.25) is 0 Å². The van der Waals surface area contributed by atoms with E-state index >= 15 is 0 Å². The lowest BCUT2D eigenvalue weighted by Gasteiger charge is -2.25. The molecule has 3 heteroatoms. The van der Waals surface area contributed by atoms with Crippen LogP contribution >= 0.6 is 15.9 Å². The second-order valence-corrected chi connectivity index (χ2v) is 6.88. The predicted molar refractivity (Wildman–Crippen MR) is 81.1 cm³/mol. The molecule has 0 bridgehead atoms. The molecule has 1 aliphatic rings. The summed E-state index contributed by atoms with van der Waals surface area (Å²) in [6, 6.07) is 0. The van der Waals surface area contributed by atoms with E-state index in [1.54, 1.807) is 0 Å². The molecule has 0 spiro atoms. The van der Waals surface area contributed by atoms with Gasteiger partial charge < -0.3 is 5.32 Å². The SMILES string of the molecule is CCCCCCCC(=O)NCC1CCC(Br)CC1. The largest absolute Gasteiger partial charge is 0.356 e. The Morgan fingerprint density at radius 3 is 2.44 bits per heavy atom. The average molecular weight is 318 g/mol. The van der Waals surface area contributed by atoms with Gasteiger partial charge in [0.25, 0.3) is 0 Å². The summed E-state index contributed by atoms with van der Waals surface area (Å²) >= 11 is 3.66. The molecule has 1 saturated carbocycles. The first-order valence-corrected chi connectivity index (χ1v) is 8.54. The minimum Gasteiger partial charge on any atom is -0.356 e. The molecular formula is C15H28BrNO. The lowest BCUT2D eigenvalue weighted by molar-refractivity contribution is -0.121. The molecular weight excluding hydrogens is 290 g/mol. The number of carbonyl (C=O) groups is 1. The Morgan fingerprint density at radius 2 is 1.78 bits per heavy atom. The van der Waals surface area contributed by atoms with E-state index in [-0.39, 0.29) is 5.91 Å². The summed E-state index contributed by atoms with van der Waals surface area (Å²) in [6.45, 7) is 3.11. The van der Waals surface area contributed by atoms with Crippen LogP contribution in [0.1, 0.15) is 71.1 Å². The van der Waals surface area contributed by atoms with Gasteiger partial charge in [-0.15, -0.1) is 0 Å². The van der Waals surface area contributed by atoms with Crippen molar-refractivity contribution in [3.8, 4) is 0 Å². The second-order valence-electron chi connectivity index (χ2n) is 5.59. The van der Waals surface area contributed by atoms with Crippen molar-refractivity contribution in [3.05, 3.63) is 0 Å². The van der Waals surface area contributed by atoms with Crippen LogP contribution in [0.4, 0.5) is 0 Å². The third-order valence-electron chi connectivity index (χ3n) is 3.87. The molecule has 0 aromatic heterocycles. The van der Waals surface area contributed by atoms with Crippen LogP contribution in [0.5, 0.6) is 0 Å². The molecule has 18 heavy (non-hydrogen) atoms. The van der Waals surface area contributed by atoms with Gasteiger partial charge in [-0.3, -0.25) is 4.79 Å². The standard InChI is InChI=1S/C15H28BrNO/c1-2-3-4-5-6-7-15(18)17-12-13-8-10-14(16)11-9-13/h13-14H,2-12H2,1H3,(H,17,18). The van der Waals surface area contributed by atoms with Crippen molar-refractivity contribution in [1.29, 1.82) is 0 Å². The van der Waals surface area contributed by atoms with Gasteiger partial charge in [0.05, 0.1) is 0 Å². The van der Waals surface area contributed by atoms with Gasteiger partial charge in [0.1, 0.15) is 0 Å². The van der Waals surface area contributed by atoms with E-state index in [2.05, 4.69) is 28.2 Å². The summed E-state index contributed by atoms with van der Waals surface area (Å²) in [4.78, 5) is 12.4. The highest BCUT2D eigenvalue weighted by Crippen LogP contribution is 2.28. The Bertz CT molecular complexity index is 225. The number of unbranched alkanes of at least 4 members (excludes halogenated alkanes) is 4. The summed E-state index contributed by atoms with van der Waals surface area (Å²) < 4.78 is 0. The summed E-state index contributed by atoms with van der Waals surface area (Å²) in [5.74, 6) is 0.968. The van der Waals surface area contributed by atoms with E-state index < -0.39 is 0 Å². The van der Waals surface area contributed by atoms with Crippen molar-refractivity contribution in [1.82, 2.24) is 5.32 Å². The highest BCUT2D eigenvalue weighted by molar-refractivity contribution is 9.09. The minimum atomic E-state index is 0.257. The lowest BCUT2D eigenvalue weighted by Crippen LogP contribution is -2.31. The van der Waals surface area contributed by atoms with E-state index in [1.165, 1.54) is 51.4 Å². The van der Waals surface area contributed by atoms with E-state index in [0.29, 0.717) is 10.7 Å². The zero-order valence-electron chi connectivity index (χ0n) is 11.7. The number of hydrogen-bond acceptors (Lipinski definition) is 1.